The molecule has 0 amide bonds. The van der Waals surface area contributed by atoms with Crippen molar-refractivity contribution in [2.75, 3.05) is 7.05 Å². The first-order valence-corrected chi connectivity index (χ1v) is 16.6. The topological polar surface area (TPSA) is 12.0 Å². The SMILES string of the molecule is CNC(c1ccccc1)(c1ccc2c(c1)-c1ccc(-c3ccccc3)cc1C2)c1ccc2c(c1)-c1ccc(-c3ccccc3)cc1C2. The van der Waals surface area contributed by atoms with E-state index < -0.39 is 5.54 Å². The minimum absolute atomic E-state index is 0.523. The van der Waals surface area contributed by atoms with Crippen LogP contribution in [-0.2, 0) is 18.4 Å². The molecule has 0 saturated carbocycles. The predicted molar refractivity (Wildman–Crippen MR) is 196 cm³/mol. The highest BCUT2D eigenvalue weighted by atomic mass is 14.9. The second kappa shape index (κ2) is 11.1. The van der Waals surface area contributed by atoms with Crippen molar-refractivity contribution in [2.45, 2.75) is 18.4 Å². The monoisotopic (exact) mass is 601 g/mol. The molecule has 7 aromatic carbocycles. The van der Waals surface area contributed by atoms with E-state index in [4.69, 9.17) is 0 Å². The fourth-order valence-corrected chi connectivity index (χ4v) is 8.09. The Labute approximate surface area is 277 Å². The van der Waals surface area contributed by atoms with Crippen LogP contribution in [0.1, 0.15) is 38.9 Å². The van der Waals surface area contributed by atoms with E-state index in [1.165, 1.54) is 83.5 Å². The van der Waals surface area contributed by atoms with Gasteiger partial charge in [0.05, 0.1) is 5.54 Å². The van der Waals surface area contributed by atoms with Crippen LogP contribution in [0.25, 0.3) is 44.5 Å². The largest absolute Gasteiger partial charge is 0.303 e. The van der Waals surface area contributed by atoms with Crippen molar-refractivity contribution < 1.29 is 0 Å². The molecule has 0 bridgehead atoms. The molecule has 0 unspecified atom stereocenters. The zero-order chi connectivity index (χ0) is 31.4. The first-order valence-electron chi connectivity index (χ1n) is 16.6. The van der Waals surface area contributed by atoms with Crippen LogP contribution in [0.15, 0.2) is 164 Å². The van der Waals surface area contributed by atoms with E-state index in [1.54, 1.807) is 0 Å². The van der Waals surface area contributed by atoms with Gasteiger partial charge in [-0.1, -0.05) is 152 Å². The molecule has 0 saturated heterocycles. The zero-order valence-electron chi connectivity index (χ0n) is 26.5. The summed E-state index contributed by atoms with van der Waals surface area (Å²) in [7, 11) is 2.10. The number of rotatable bonds is 6. The first-order chi connectivity index (χ1) is 23.2. The lowest BCUT2D eigenvalue weighted by atomic mass is 9.75. The molecule has 0 spiro atoms. The van der Waals surface area contributed by atoms with Crippen LogP contribution in [0.3, 0.4) is 0 Å². The van der Waals surface area contributed by atoms with Crippen LogP contribution in [0.4, 0.5) is 0 Å². The quantitative estimate of drug-likeness (QED) is 0.187. The summed E-state index contributed by atoms with van der Waals surface area (Å²) in [6, 6.07) is 60.6. The molecule has 9 rings (SSSR count). The van der Waals surface area contributed by atoms with Gasteiger partial charge in [0.1, 0.15) is 0 Å². The Balaban J connectivity index is 1.16. The highest BCUT2D eigenvalue weighted by Gasteiger charge is 2.37. The van der Waals surface area contributed by atoms with E-state index in [0.29, 0.717) is 0 Å². The molecular formula is C46H35N. The second-order valence-corrected chi connectivity index (χ2v) is 12.9. The first kappa shape index (κ1) is 27.8. The van der Waals surface area contributed by atoms with Gasteiger partial charge in [0.2, 0.25) is 0 Å². The van der Waals surface area contributed by atoms with Crippen molar-refractivity contribution in [1.29, 1.82) is 0 Å². The normalized spacial score (nSPS) is 12.7. The lowest BCUT2D eigenvalue weighted by Gasteiger charge is -2.36. The number of hydrogen-bond donors (Lipinski definition) is 1. The molecule has 0 aromatic heterocycles. The minimum atomic E-state index is -0.523. The molecule has 0 fully saturated rings. The van der Waals surface area contributed by atoms with Gasteiger partial charge in [0.15, 0.2) is 0 Å². The maximum absolute atomic E-state index is 3.86. The lowest BCUT2D eigenvalue weighted by Crippen LogP contribution is -2.42. The summed E-state index contributed by atoms with van der Waals surface area (Å²) in [5.74, 6) is 0. The summed E-state index contributed by atoms with van der Waals surface area (Å²) in [6.45, 7) is 0. The molecule has 224 valence electrons. The number of hydrogen-bond acceptors (Lipinski definition) is 1. The third-order valence-corrected chi connectivity index (χ3v) is 10.4. The molecule has 1 nitrogen and oxygen atoms in total. The summed E-state index contributed by atoms with van der Waals surface area (Å²) < 4.78 is 0. The van der Waals surface area contributed by atoms with Crippen molar-refractivity contribution >= 4 is 0 Å². The lowest BCUT2D eigenvalue weighted by molar-refractivity contribution is 0.525. The van der Waals surface area contributed by atoms with Crippen LogP contribution in [-0.4, -0.2) is 7.05 Å². The van der Waals surface area contributed by atoms with E-state index in [0.717, 1.165) is 12.8 Å². The average Bonchev–Trinajstić information content (AvgIpc) is 3.70. The Kier molecular flexibility index (Phi) is 6.55. The van der Waals surface area contributed by atoms with Crippen molar-refractivity contribution in [1.82, 2.24) is 5.32 Å². The summed E-state index contributed by atoms with van der Waals surface area (Å²) in [5, 5.41) is 3.86. The maximum Gasteiger partial charge on any atom is 0.0945 e. The van der Waals surface area contributed by atoms with Crippen LogP contribution < -0.4 is 5.32 Å². The van der Waals surface area contributed by atoms with Crippen molar-refractivity contribution in [3.8, 4) is 44.5 Å². The van der Waals surface area contributed by atoms with Gasteiger partial charge in [-0.15, -0.1) is 0 Å². The summed E-state index contributed by atoms with van der Waals surface area (Å²) in [5.41, 5.74) is 19.3. The van der Waals surface area contributed by atoms with Crippen LogP contribution in [0.5, 0.6) is 0 Å². The summed E-state index contributed by atoms with van der Waals surface area (Å²) in [6.07, 6.45) is 1.92. The predicted octanol–water partition coefficient (Wildman–Crippen LogP) is 10.7. The van der Waals surface area contributed by atoms with Crippen LogP contribution in [0.2, 0.25) is 0 Å². The van der Waals surface area contributed by atoms with Gasteiger partial charge in [-0.05, 0) is 115 Å². The standard InChI is InChI=1S/C46H35N/c1-47-46(39-15-9-4-10-16-39,40-21-17-35-27-37-25-33(31-11-5-2-6-12-31)19-23-42(37)44(35)29-40)41-22-18-36-28-38-26-34(32-13-7-3-8-14-32)20-24-43(38)45(36)30-41/h2-26,29-30,47H,27-28H2,1H3. The Morgan fingerprint density at radius 1 is 0.362 bits per heavy atom. The molecular weight excluding hydrogens is 567 g/mol. The van der Waals surface area contributed by atoms with Gasteiger partial charge < -0.3 is 5.32 Å². The zero-order valence-corrected chi connectivity index (χ0v) is 26.5. The Hall–Kier alpha value is -5.50. The Morgan fingerprint density at radius 2 is 0.809 bits per heavy atom. The highest BCUT2D eigenvalue weighted by Crippen LogP contribution is 2.46. The van der Waals surface area contributed by atoms with Crippen LogP contribution in [0, 0.1) is 0 Å². The molecule has 47 heavy (non-hydrogen) atoms. The van der Waals surface area contributed by atoms with Crippen molar-refractivity contribution in [3.63, 3.8) is 0 Å². The Morgan fingerprint density at radius 3 is 1.26 bits per heavy atom. The smallest absolute Gasteiger partial charge is 0.0945 e. The highest BCUT2D eigenvalue weighted by molar-refractivity contribution is 5.83. The van der Waals surface area contributed by atoms with E-state index in [-0.39, 0.29) is 0 Å². The molecule has 1 N–H and O–H groups in total. The molecule has 2 aliphatic rings. The molecule has 0 atom stereocenters. The van der Waals surface area contributed by atoms with E-state index >= 15 is 0 Å². The van der Waals surface area contributed by atoms with Gasteiger partial charge in [0.25, 0.3) is 0 Å². The molecule has 0 radical (unpaired) electrons. The molecule has 2 aliphatic carbocycles. The summed E-state index contributed by atoms with van der Waals surface area (Å²) >= 11 is 0. The number of benzene rings is 7. The Bertz CT molecular complexity index is 2120. The minimum Gasteiger partial charge on any atom is -0.303 e. The van der Waals surface area contributed by atoms with Crippen molar-refractivity contribution in [3.05, 3.63) is 203 Å². The second-order valence-electron chi connectivity index (χ2n) is 12.9. The molecule has 0 aliphatic heterocycles. The fourth-order valence-electron chi connectivity index (χ4n) is 8.09. The molecule has 0 heterocycles. The fraction of sp³-hybridized carbons (Fsp3) is 0.0870. The molecule has 1 heteroatoms. The van der Waals surface area contributed by atoms with Crippen molar-refractivity contribution in [2.24, 2.45) is 0 Å². The molecule has 7 aromatic rings. The van der Waals surface area contributed by atoms with E-state index in [9.17, 15) is 0 Å². The third kappa shape index (κ3) is 4.50. The maximum atomic E-state index is 3.86. The van der Waals surface area contributed by atoms with Gasteiger partial charge in [-0.25, -0.2) is 0 Å². The van der Waals surface area contributed by atoms with E-state index in [2.05, 4.69) is 176 Å². The average molecular weight is 602 g/mol. The van der Waals surface area contributed by atoms with Gasteiger partial charge in [-0.2, -0.15) is 0 Å². The van der Waals surface area contributed by atoms with E-state index in [1.807, 2.05) is 0 Å². The third-order valence-electron chi connectivity index (χ3n) is 10.4. The summed E-state index contributed by atoms with van der Waals surface area (Å²) in [4.78, 5) is 0. The van der Waals surface area contributed by atoms with Gasteiger partial charge in [-0.3, -0.25) is 0 Å². The number of fused-ring (bicyclic) bond motifs is 6. The van der Waals surface area contributed by atoms with Gasteiger partial charge >= 0.3 is 0 Å². The van der Waals surface area contributed by atoms with Crippen LogP contribution >= 0.6 is 0 Å². The van der Waals surface area contributed by atoms with Gasteiger partial charge in [0, 0.05) is 0 Å². The number of nitrogens with one attached hydrogen (secondary N) is 1.